The molecule has 0 radical (unpaired) electrons. The Morgan fingerprint density at radius 1 is 0.469 bits per heavy atom. The van der Waals surface area contributed by atoms with Gasteiger partial charge in [0.05, 0.1) is 32.7 Å². The number of methoxy groups -OCH3 is 1. The molecule has 0 aromatic carbocycles. The molecule has 0 unspecified atom stereocenters. The first-order valence-electron chi connectivity index (χ1n) is 11.9. The average molecular weight is 459 g/mol. The maximum atomic E-state index is 11.7. The fraction of sp³-hybridized carbons (Fsp3) is 0.833. The minimum Gasteiger partial charge on any atom is -0.466 e. The number of carbonyl (C=O) groups excluding carboxylic acids is 4. The van der Waals surface area contributed by atoms with Crippen LogP contribution in [0.2, 0.25) is 0 Å². The normalized spacial score (nSPS) is 10.6. The average Bonchev–Trinajstić information content (AvgIpc) is 2.76. The van der Waals surface area contributed by atoms with Gasteiger partial charge in [-0.3, -0.25) is 14.4 Å². The summed E-state index contributed by atoms with van der Waals surface area (Å²) in [5.41, 5.74) is 0. The molecule has 0 saturated carbocycles. The number of ether oxygens (including phenoxy) is 4. The second kappa shape index (κ2) is 22.2. The van der Waals surface area contributed by atoms with E-state index in [1.165, 1.54) is 0 Å². The molecule has 0 rings (SSSR count). The van der Waals surface area contributed by atoms with Crippen molar-refractivity contribution < 1.29 is 38.1 Å². The van der Waals surface area contributed by atoms with Crippen LogP contribution in [0, 0.1) is 0 Å². The molecule has 0 spiro atoms. The third kappa shape index (κ3) is 22.7. The lowest BCUT2D eigenvalue weighted by Gasteiger charge is -2.07. The van der Waals surface area contributed by atoms with Gasteiger partial charge in [-0.2, -0.15) is 0 Å². The summed E-state index contributed by atoms with van der Waals surface area (Å²) in [4.78, 5) is 45.6. The number of carbonyl (C=O) groups is 4. The molecule has 0 saturated heterocycles. The summed E-state index contributed by atoms with van der Waals surface area (Å²) < 4.78 is 20.2. The van der Waals surface area contributed by atoms with Crippen molar-refractivity contribution in [2.45, 2.75) is 96.8 Å². The topological polar surface area (TPSA) is 105 Å². The first-order chi connectivity index (χ1) is 15.5. The summed E-state index contributed by atoms with van der Waals surface area (Å²) in [6, 6.07) is 0. The molecule has 0 bridgehead atoms. The van der Waals surface area contributed by atoms with Gasteiger partial charge >= 0.3 is 17.9 Å². The van der Waals surface area contributed by atoms with Gasteiger partial charge in [-0.25, -0.2) is 0 Å². The third-order valence-corrected chi connectivity index (χ3v) is 4.76. The maximum absolute atomic E-state index is 11.7. The number of ketones is 1. The van der Waals surface area contributed by atoms with E-state index in [9.17, 15) is 19.2 Å². The molecule has 0 heterocycles. The molecule has 0 atom stereocenters. The van der Waals surface area contributed by atoms with E-state index in [0.717, 1.165) is 51.4 Å². The first-order valence-corrected chi connectivity index (χ1v) is 11.9. The lowest BCUT2D eigenvalue weighted by molar-refractivity contribution is -0.150. The number of Topliss-reactive ketones (excluding diaryl/α,β-unsaturated/α-hetero) is 1. The quantitative estimate of drug-likeness (QED) is 0.134. The summed E-state index contributed by atoms with van der Waals surface area (Å²) in [5.74, 6) is -0.786. The van der Waals surface area contributed by atoms with Crippen LogP contribution in [0.5, 0.6) is 0 Å². The lowest BCUT2D eigenvalue weighted by atomic mass is 10.1. The highest BCUT2D eigenvalue weighted by molar-refractivity contribution is 5.77. The highest BCUT2D eigenvalue weighted by Gasteiger charge is 2.09. The highest BCUT2D eigenvalue weighted by Crippen LogP contribution is 2.09. The smallest absolute Gasteiger partial charge is 0.306 e. The number of esters is 3. The van der Waals surface area contributed by atoms with Gasteiger partial charge in [0, 0.05) is 26.6 Å². The monoisotopic (exact) mass is 458 g/mol. The van der Waals surface area contributed by atoms with Crippen molar-refractivity contribution in [2.24, 2.45) is 0 Å². The number of unbranched alkanes of at least 4 members (excludes halogenated alkanes) is 7. The summed E-state index contributed by atoms with van der Waals surface area (Å²) in [5, 5.41) is 0. The summed E-state index contributed by atoms with van der Waals surface area (Å²) >= 11 is 0. The Labute approximate surface area is 192 Å². The Balaban J connectivity index is 3.41. The Bertz CT molecular complexity index is 518. The van der Waals surface area contributed by atoms with Gasteiger partial charge < -0.3 is 23.7 Å². The van der Waals surface area contributed by atoms with Crippen molar-refractivity contribution in [1.82, 2.24) is 0 Å². The van der Waals surface area contributed by atoms with E-state index < -0.39 is 11.9 Å². The molecule has 8 nitrogen and oxygen atoms in total. The molecule has 0 N–H and O–H groups in total. The van der Waals surface area contributed by atoms with E-state index >= 15 is 0 Å². The number of hydrogen-bond acceptors (Lipinski definition) is 8. The van der Waals surface area contributed by atoms with Crippen LogP contribution in [0.1, 0.15) is 96.8 Å². The SMILES string of the molecule is COCCCCOC(=O)CCC(=O)OCCCCOC(=O)CCCCCCCCC(C)=O. The van der Waals surface area contributed by atoms with Gasteiger partial charge in [0.25, 0.3) is 0 Å². The number of rotatable bonds is 22. The first kappa shape index (κ1) is 30.0. The molecular formula is C24H42O8. The highest BCUT2D eigenvalue weighted by atomic mass is 16.5. The fourth-order valence-electron chi connectivity index (χ4n) is 2.88. The predicted molar refractivity (Wildman–Crippen MR) is 120 cm³/mol. The zero-order valence-electron chi connectivity index (χ0n) is 20.0. The molecule has 0 aliphatic carbocycles. The molecule has 0 aromatic rings. The van der Waals surface area contributed by atoms with Crippen molar-refractivity contribution >= 4 is 23.7 Å². The second-order valence-electron chi connectivity index (χ2n) is 7.89. The predicted octanol–water partition coefficient (Wildman–Crippen LogP) is 4.31. The second-order valence-corrected chi connectivity index (χ2v) is 7.89. The molecule has 0 aromatic heterocycles. The van der Waals surface area contributed by atoms with Crippen LogP contribution < -0.4 is 0 Å². The van der Waals surface area contributed by atoms with Crippen molar-refractivity contribution in [3.05, 3.63) is 0 Å². The van der Waals surface area contributed by atoms with Gasteiger partial charge in [-0.05, 0) is 45.4 Å². The van der Waals surface area contributed by atoms with Crippen LogP contribution in [0.3, 0.4) is 0 Å². The minimum atomic E-state index is -0.431. The van der Waals surface area contributed by atoms with E-state index in [1.54, 1.807) is 14.0 Å². The van der Waals surface area contributed by atoms with E-state index in [-0.39, 0.29) is 31.2 Å². The standard InChI is InChI=1S/C24H42O8/c1-21(25)13-7-5-3-4-6-8-14-22(26)30-19-11-12-20-32-24(28)16-15-23(27)31-18-10-9-17-29-2/h3-20H2,1-2H3. The molecule has 186 valence electrons. The fourth-order valence-corrected chi connectivity index (χ4v) is 2.88. The molecule has 32 heavy (non-hydrogen) atoms. The largest absolute Gasteiger partial charge is 0.466 e. The van der Waals surface area contributed by atoms with E-state index in [0.29, 0.717) is 45.5 Å². The molecule has 8 heteroatoms. The maximum Gasteiger partial charge on any atom is 0.306 e. The van der Waals surface area contributed by atoms with E-state index in [1.807, 2.05) is 0 Å². The van der Waals surface area contributed by atoms with Crippen molar-refractivity contribution in [3.8, 4) is 0 Å². The lowest BCUT2D eigenvalue weighted by Crippen LogP contribution is -2.12. The third-order valence-electron chi connectivity index (χ3n) is 4.76. The van der Waals surface area contributed by atoms with Crippen LogP contribution in [0.15, 0.2) is 0 Å². The Hall–Kier alpha value is -1.96. The minimum absolute atomic E-state index is 0.00260. The van der Waals surface area contributed by atoms with Gasteiger partial charge in [0.15, 0.2) is 0 Å². The van der Waals surface area contributed by atoms with E-state index in [2.05, 4.69) is 0 Å². The van der Waals surface area contributed by atoms with Crippen LogP contribution in [-0.4, -0.2) is 57.2 Å². The van der Waals surface area contributed by atoms with E-state index in [4.69, 9.17) is 18.9 Å². The molecule has 0 amide bonds. The zero-order chi connectivity index (χ0) is 23.9. The number of hydrogen-bond donors (Lipinski definition) is 0. The van der Waals surface area contributed by atoms with Crippen molar-refractivity contribution in [3.63, 3.8) is 0 Å². The summed E-state index contributed by atoms with van der Waals surface area (Å²) in [7, 11) is 1.62. The van der Waals surface area contributed by atoms with Crippen molar-refractivity contribution in [2.75, 3.05) is 33.5 Å². The van der Waals surface area contributed by atoms with Gasteiger partial charge in [-0.15, -0.1) is 0 Å². The Morgan fingerprint density at radius 3 is 1.28 bits per heavy atom. The van der Waals surface area contributed by atoms with Gasteiger partial charge in [-0.1, -0.05) is 25.7 Å². The van der Waals surface area contributed by atoms with Crippen LogP contribution >= 0.6 is 0 Å². The molecule has 0 aliphatic rings. The zero-order valence-corrected chi connectivity index (χ0v) is 20.0. The summed E-state index contributed by atoms with van der Waals surface area (Å²) in [6.07, 6.45) is 9.88. The Kier molecular flexibility index (Phi) is 20.9. The molecular weight excluding hydrogens is 416 g/mol. The molecule has 0 fully saturated rings. The van der Waals surface area contributed by atoms with Crippen LogP contribution in [0.25, 0.3) is 0 Å². The van der Waals surface area contributed by atoms with Gasteiger partial charge in [0.1, 0.15) is 5.78 Å². The van der Waals surface area contributed by atoms with Gasteiger partial charge in [0.2, 0.25) is 0 Å². The molecule has 0 aliphatic heterocycles. The summed E-state index contributed by atoms with van der Waals surface area (Å²) in [6.45, 7) is 3.14. The Morgan fingerprint density at radius 2 is 0.844 bits per heavy atom. The van der Waals surface area contributed by atoms with Crippen molar-refractivity contribution in [1.29, 1.82) is 0 Å². The van der Waals surface area contributed by atoms with Crippen LogP contribution in [0.4, 0.5) is 0 Å². The van der Waals surface area contributed by atoms with Crippen LogP contribution in [-0.2, 0) is 38.1 Å².